The van der Waals surface area contributed by atoms with E-state index in [1.165, 1.54) is 12.1 Å². The zero-order valence-corrected chi connectivity index (χ0v) is 12.8. The van der Waals surface area contributed by atoms with Crippen LogP contribution in [0.1, 0.15) is 30.3 Å². The lowest BCUT2D eigenvalue weighted by Gasteiger charge is -2.18. The van der Waals surface area contributed by atoms with Gasteiger partial charge in [0, 0.05) is 4.88 Å². The molecule has 0 spiro atoms. The maximum atomic E-state index is 13.1. The molecular weight excluding hydrogens is 289 g/mol. The minimum absolute atomic E-state index is 0.00163. The Bertz CT molecular complexity index is 566. The second kappa shape index (κ2) is 7.33. The number of rotatable bonds is 6. The first-order valence-corrected chi connectivity index (χ1v) is 7.64. The second-order valence-electron chi connectivity index (χ2n) is 4.93. The van der Waals surface area contributed by atoms with Crippen molar-refractivity contribution in [2.45, 2.75) is 26.0 Å². The third-order valence-corrected chi connectivity index (χ3v) is 3.82. The van der Waals surface area contributed by atoms with E-state index in [1.54, 1.807) is 23.5 Å². The highest BCUT2D eigenvalue weighted by Crippen LogP contribution is 2.26. The zero-order chi connectivity index (χ0) is 15.2. The molecule has 2 aromatic rings. The molecular formula is C16H18FNO2S. The second-order valence-corrected chi connectivity index (χ2v) is 5.91. The highest BCUT2D eigenvalue weighted by atomic mass is 32.1. The van der Waals surface area contributed by atoms with Crippen LogP contribution in [0.15, 0.2) is 41.8 Å². The molecule has 0 fully saturated rings. The van der Waals surface area contributed by atoms with Gasteiger partial charge in [0.2, 0.25) is 5.91 Å². The maximum absolute atomic E-state index is 13.1. The fourth-order valence-corrected chi connectivity index (χ4v) is 2.68. The number of hydrogen-bond donors (Lipinski definition) is 1. The molecule has 21 heavy (non-hydrogen) atoms. The number of amides is 1. The van der Waals surface area contributed by atoms with E-state index < -0.39 is 0 Å². The first-order valence-electron chi connectivity index (χ1n) is 6.76. The Kier molecular flexibility index (Phi) is 5.47. The number of ether oxygens (including phenoxy) is 1. The summed E-state index contributed by atoms with van der Waals surface area (Å²) >= 11 is 1.55. The Hall–Kier alpha value is -1.72. The fraction of sp³-hybridized carbons (Fsp3) is 0.312. The van der Waals surface area contributed by atoms with Crippen LogP contribution < -0.4 is 5.32 Å². The molecule has 1 atom stereocenters. The minimum atomic E-state index is -0.293. The number of carbonyl (C=O) groups is 1. The van der Waals surface area contributed by atoms with E-state index in [0.29, 0.717) is 0 Å². The average molecular weight is 307 g/mol. The standard InChI is InChI=1S/C16H18FNO2S/c1-11(2)20-10-15(19)18-16(14-4-3-9-21-14)12-5-7-13(17)8-6-12/h3-9,11,16H,10H2,1-2H3,(H,18,19). The summed E-state index contributed by atoms with van der Waals surface area (Å²) in [6, 6.07) is 9.75. The Morgan fingerprint density at radius 2 is 2.00 bits per heavy atom. The van der Waals surface area contributed by atoms with Gasteiger partial charge in [0.05, 0.1) is 12.1 Å². The molecule has 0 aliphatic rings. The van der Waals surface area contributed by atoms with Crippen molar-refractivity contribution in [3.63, 3.8) is 0 Å². The van der Waals surface area contributed by atoms with E-state index in [0.717, 1.165) is 10.4 Å². The number of hydrogen-bond acceptors (Lipinski definition) is 3. The number of halogens is 1. The van der Waals surface area contributed by atoms with Gasteiger partial charge in [-0.15, -0.1) is 11.3 Å². The van der Waals surface area contributed by atoms with Crippen molar-refractivity contribution in [3.8, 4) is 0 Å². The Labute approximate surface area is 127 Å². The maximum Gasteiger partial charge on any atom is 0.246 e. The van der Waals surface area contributed by atoms with Gasteiger partial charge < -0.3 is 10.1 Å². The molecule has 1 N–H and O–H groups in total. The third-order valence-electron chi connectivity index (χ3n) is 2.88. The lowest BCUT2D eigenvalue weighted by Crippen LogP contribution is -2.32. The van der Waals surface area contributed by atoms with Crippen LogP contribution in [-0.4, -0.2) is 18.6 Å². The highest BCUT2D eigenvalue weighted by Gasteiger charge is 2.18. The molecule has 112 valence electrons. The predicted molar refractivity (Wildman–Crippen MR) is 81.8 cm³/mol. The van der Waals surface area contributed by atoms with E-state index in [1.807, 2.05) is 31.4 Å². The van der Waals surface area contributed by atoms with Gasteiger partial charge in [-0.2, -0.15) is 0 Å². The van der Waals surface area contributed by atoms with Gasteiger partial charge in [-0.25, -0.2) is 4.39 Å². The van der Waals surface area contributed by atoms with Gasteiger partial charge in [0.1, 0.15) is 12.4 Å². The number of nitrogens with one attached hydrogen (secondary N) is 1. The topological polar surface area (TPSA) is 38.3 Å². The van der Waals surface area contributed by atoms with Crippen LogP contribution in [0.2, 0.25) is 0 Å². The SMILES string of the molecule is CC(C)OCC(=O)NC(c1ccc(F)cc1)c1cccs1. The predicted octanol–water partition coefficient (Wildman–Crippen LogP) is 3.52. The fourth-order valence-electron chi connectivity index (χ4n) is 1.87. The van der Waals surface area contributed by atoms with Gasteiger partial charge in [0.25, 0.3) is 0 Å². The molecule has 0 aliphatic heterocycles. The molecule has 1 amide bonds. The van der Waals surface area contributed by atoms with Crippen LogP contribution in [0.5, 0.6) is 0 Å². The lowest BCUT2D eigenvalue weighted by atomic mass is 10.1. The first-order chi connectivity index (χ1) is 10.1. The molecule has 0 saturated carbocycles. The molecule has 1 heterocycles. The van der Waals surface area contributed by atoms with E-state index in [9.17, 15) is 9.18 Å². The monoisotopic (exact) mass is 307 g/mol. The minimum Gasteiger partial charge on any atom is -0.369 e. The van der Waals surface area contributed by atoms with Crippen molar-refractivity contribution in [1.29, 1.82) is 0 Å². The summed E-state index contributed by atoms with van der Waals surface area (Å²) in [7, 11) is 0. The summed E-state index contributed by atoms with van der Waals surface area (Å²) in [4.78, 5) is 13.0. The molecule has 0 bridgehead atoms. The summed E-state index contributed by atoms with van der Waals surface area (Å²) in [5.41, 5.74) is 0.844. The summed E-state index contributed by atoms with van der Waals surface area (Å²) < 4.78 is 18.4. The third kappa shape index (κ3) is 4.65. The normalized spacial score (nSPS) is 12.4. The van der Waals surface area contributed by atoms with Crippen molar-refractivity contribution >= 4 is 17.2 Å². The Morgan fingerprint density at radius 1 is 1.29 bits per heavy atom. The molecule has 5 heteroatoms. The molecule has 1 aromatic carbocycles. The molecule has 0 radical (unpaired) electrons. The number of carbonyl (C=O) groups excluding carboxylic acids is 1. The van der Waals surface area contributed by atoms with Gasteiger partial charge >= 0.3 is 0 Å². The lowest BCUT2D eigenvalue weighted by molar-refractivity contribution is -0.127. The van der Waals surface area contributed by atoms with Crippen molar-refractivity contribution in [3.05, 3.63) is 58.0 Å². The van der Waals surface area contributed by atoms with Gasteiger partial charge in [-0.3, -0.25) is 4.79 Å². The van der Waals surface area contributed by atoms with Crippen molar-refractivity contribution in [2.75, 3.05) is 6.61 Å². The van der Waals surface area contributed by atoms with Gasteiger partial charge in [0.15, 0.2) is 0 Å². The summed E-state index contributed by atoms with van der Waals surface area (Å²) in [5, 5.41) is 4.88. The molecule has 0 saturated heterocycles. The van der Waals surface area contributed by atoms with Gasteiger partial charge in [-0.05, 0) is 43.0 Å². The Morgan fingerprint density at radius 3 is 2.57 bits per heavy atom. The molecule has 2 rings (SSSR count). The highest BCUT2D eigenvalue weighted by molar-refractivity contribution is 7.10. The zero-order valence-electron chi connectivity index (χ0n) is 12.0. The van der Waals surface area contributed by atoms with Crippen LogP contribution in [0.3, 0.4) is 0 Å². The van der Waals surface area contributed by atoms with Crippen molar-refractivity contribution < 1.29 is 13.9 Å². The van der Waals surface area contributed by atoms with E-state index in [4.69, 9.17) is 4.74 Å². The van der Waals surface area contributed by atoms with E-state index >= 15 is 0 Å². The van der Waals surface area contributed by atoms with E-state index in [2.05, 4.69) is 5.32 Å². The quantitative estimate of drug-likeness (QED) is 0.887. The molecule has 1 unspecified atom stereocenters. The molecule has 3 nitrogen and oxygen atoms in total. The first kappa shape index (κ1) is 15.7. The number of benzene rings is 1. The Balaban J connectivity index is 2.14. The van der Waals surface area contributed by atoms with Crippen LogP contribution in [-0.2, 0) is 9.53 Å². The van der Waals surface area contributed by atoms with Crippen LogP contribution in [0.25, 0.3) is 0 Å². The number of thiophene rings is 1. The van der Waals surface area contributed by atoms with Crippen molar-refractivity contribution in [1.82, 2.24) is 5.32 Å². The smallest absolute Gasteiger partial charge is 0.246 e. The van der Waals surface area contributed by atoms with Gasteiger partial charge in [-0.1, -0.05) is 18.2 Å². The summed E-state index contributed by atoms with van der Waals surface area (Å²) in [6.45, 7) is 3.77. The van der Waals surface area contributed by atoms with Crippen LogP contribution in [0, 0.1) is 5.82 Å². The molecule has 1 aromatic heterocycles. The van der Waals surface area contributed by atoms with Crippen LogP contribution in [0.4, 0.5) is 4.39 Å². The van der Waals surface area contributed by atoms with Crippen molar-refractivity contribution in [2.24, 2.45) is 0 Å². The van der Waals surface area contributed by atoms with Crippen LogP contribution >= 0.6 is 11.3 Å². The summed E-state index contributed by atoms with van der Waals surface area (Å²) in [6.07, 6.45) is 0.00163. The summed E-state index contributed by atoms with van der Waals surface area (Å²) in [5.74, 6) is -0.482. The average Bonchev–Trinajstić information content (AvgIpc) is 2.97. The largest absolute Gasteiger partial charge is 0.369 e. The molecule has 0 aliphatic carbocycles. The van der Waals surface area contributed by atoms with E-state index in [-0.39, 0.29) is 30.5 Å².